The number of carbonyl (C=O) groups is 2. The quantitative estimate of drug-likeness (QED) is 0.434. The molecule has 2 aromatic heterocycles. The molecule has 1 aliphatic heterocycles. The summed E-state index contributed by atoms with van der Waals surface area (Å²) in [5, 5.41) is 7.88. The minimum absolute atomic E-state index is 0.0464. The number of hydrogen-bond donors (Lipinski definition) is 1. The van der Waals surface area contributed by atoms with Crippen LogP contribution >= 0.6 is 0 Å². The van der Waals surface area contributed by atoms with Gasteiger partial charge in [0.15, 0.2) is 5.82 Å². The predicted octanol–water partition coefficient (Wildman–Crippen LogP) is 4.70. The van der Waals surface area contributed by atoms with E-state index in [0.717, 1.165) is 17.1 Å². The Kier molecular flexibility index (Phi) is 6.71. The van der Waals surface area contributed by atoms with Crippen LogP contribution in [0.15, 0.2) is 85.2 Å². The normalized spacial score (nSPS) is 15.0. The number of benzene rings is 2. The third-order valence-corrected chi connectivity index (χ3v) is 6.91. The van der Waals surface area contributed by atoms with E-state index in [1.54, 1.807) is 0 Å². The molecule has 184 valence electrons. The molecule has 1 aliphatic rings. The highest BCUT2D eigenvalue weighted by atomic mass is 16.2. The van der Waals surface area contributed by atoms with Gasteiger partial charge in [-0.05, 0) is 56.5 Å². The number of aromatic nitrogens is 3. The lowest BCUT2D eigenvalue weighted by Gasteiger charge is -2.32. The summed E-state index contributed by atoms with van der Waals surface area (Å²) in [6, 6.07) is 23.6. The zero-order valence-corrected chi connectivity index (χ0v) is 20.7. The molecule has 0 saturated carbocycles. The topological polar surface area (TPSA) is 72.2 Å². The van der Waals surface area contributed by atoms with Gasteiger partial charge in [0.25, 0.3) is 5.91 Å². The first kappa shape index (κ1) is 23.6. The molecular formula is C29H31N5O2. The van der Waals surface area contributed by atoms with Gasteiger partial charge in [-0.15, -0.1) is 0 Å². The van der Waals surface area contributed by atoms with Crippen LogP contribution in [-0.4, -0.2) is 44.2 Å². The molecule has 1 saturated heterocycles. The molecule has 3 heterocycles. The number of hydrogen-bond acceptors (Lipinski definition) is 3. The maximum absolute atomic E-state index is 13.8. The summed E-state index contributed by atoms with van der Waals surface area (Å²) in [6.07, 6.45) is 5.14. The molecule has 0 unspecified atom stereocenters. The van der Waals surface area contributed by atoms with Crippen molar-refractivity contribution in [2.24, 2.45) is 5.92 Å². The molecule has 5 rings (SSSR count). The summed E-state index contributed by atoms with van der Waals surface area (Å²) in [5.41, 5.74) is 3.26. The highest BCUT2D eigenvalue weighted by Crippen LogP contribution is 2.27. The number of piperidine rings is 1. The standard InChI is InChI=1S/C29H31N5O2/c1-21(23-11-5-3-6-12-23)30-27(35)24-15-19-33(20-16-24)29(36)26-22(2)31-34(25-13-7-4-8-14-25)28(26)32-17-9-10-18-32/h3-14,17-18,21,24H,15-16,19-20H2,1-2H3,(H,30,35)/t21-/m0/s1. The van der Waals surface area contributed by atoms with Crippen molar-refractivity contribution in [1.29, 1.82) is 0 Å². The summed E-state index contributed by atoms with van der Waals surface area (Å²) in [7, 11) is 0. The number of nitrogens with one attached hydrogen (secondary N) is 1. The van der Waals surface area contributed by atoms with Gasteiger partial charge < -0.3 is 14.8 Å². The van der Waals surface area contributed by atoms with Crippen LogP contribution in [-0.2, 0) is 4.79 Å². The van der Waals surface area contributed by atoms with E-state index in [-0.39, 0.29) is 23.8 Å². The van der Waals surface area contributed by atoms with Gasteiger partial charge in [0, 0.05) is 31.4 Å². The van der Waals surface area contributed by atoms with E-state index < -0.39 is 0 Å². The number of rotatable bonds is 6. The highest BCUT2D eigenvalue weighted by molar-refractivity contribution is 5.99. The smallest absolute Gasteiger partial charge is 0.259 e. The SMILES string of the molecule is Cc1nn(-c2ccccc2)c(-n2cccc2)c1C(=O)N1CCC(C(=O)N[C@@H](C)c2ccccc2)CC1. The van der Waals surface area contributed by atoms with Gasteiger partial charge in [0.1, 0.15) is 5.56 Å². The van der Waals surface area contributed by atoms with Crippen molar-refractivity contribution in [1.82, 2.24) is 24.6 Å². The number of likely N-dealkylation sites (tertiary alicyclic amines) is 1. The molecule has 0 radical (unpaired) electrons. The second-order valence-electron chi connectivity index (χ2n) is 9.33. The van der Waals surface area contributed by atoms with Crippen LogP contribution in [0.25, 0.3) is 11.5 Å². The number of aryl methyl sites for hydroxylation is 1. The third kappa shape index (κ3) is 4.69. The highest BCUT2D eigenvalue weighted by Gasteiger charge is 2.32. The first-order valence-corrected chi connectivity index (χ1v) is 12.5. The van der Waals surface area contributed by atoms with E-state index in [2.05, 4.69) is 5.32 Å². The molecule has 7 heteroatoms. The minimum atomic E-state index is -0.0997. The largest absolute Gasteiger partial charge is 0.349 e. The van der Waals surface area contributed by atoms with Crippen LogP contribution in [0, 0.1) is 12.8 Å². The van der Waals surface area contributed by atoms with Crippen LogP contribution in [0.1, 0.15) is 47.4 Å². The number of amides is 2. The molecule has 4 aromatic rings. The van der Waals surface area contributed by atoms with Crippen LogP contribution in [0.5, 0.6) is 0 Å². The maximum atomic E-state index is 13.8. The molecule has 0 bridgehead atoms. The number of para-hydroxylation sites is 1. The third-order valence-electron chi connectivity index (χ3n) is 6.91. The van der Waals surface area contributed by atoms with Crippen molar-refractivity contribution in [3.63, 3.8) is 0 Å². The second-order valence-corrected chi connectivity index (χ2v) is 9.33. The van der Waals surface area contributed by atoms with Gasteiger partial charge in [-0.2, -0.15) is 5.10 Å². The summed E-state index contributed by atoms with van der Waals surface area (Å²) < 4.78 is 3.76. The Labute approximate surface area is 211 Å². The molecule has 1 fully saturated rings. The van der Waals surface area contributed by atoms with Crippen LogP contribution in [0.2, 0.25) is 0 Å². The average molecular weight is 482 g/mol. The zero-order valence-electron chi connectivity index (χ0n) is 20.7. The Morgan fingerprint density at radius 2 is 1.53 bits per heavy atom. The molecule has 2 amide bonds. The molecular weight excluding hydrogens is 450 g/mol. The maximum Gasteiger partial charge on any atom is 0.259 e. The fourth-order valence-electron chi connectivity index (χ4n) is 4.89. The summed E-state index contributed by atoms with van der Waals surface area (Å²) in [5.74, 6) is 0.636. The van der Waals surface area contributed by atoms with E-state index in [1.165, 1.54) is 0 Å². The van der Waals surface area contributed by atoms with Gasteiger partial charge >= 0.3 is 0 Å². The molecule has 7 nitrogen and oxygen atoms in total. The Morgan fingerprint density at radius 1 is 0.917 bits per heavy atom. The van der Waals surface area contributed by atoms with Crippen molar-refractivity contribution in [3.05, 3.63) is 102 Å². The Morgan fingerprint density at radius 3 is 2.17 bits per heavy atom. The van der Waals surface area contributed by atoms with Crippen molar-refractivity contribution in [2.45, 2.75) is 32.7 Å². The van der Waals surface area contributed by atoms with Gasteiger partial charge in [-0.3, -0.25) is 9.59 Å². The average Bonchev–Trinajstić information content (AvgIpc) is 3.57. The molecule has 2 aromatic carbocycles. The van der Waals surface area contributed by atoms with Gasteiger partial charge in [-0.1, -0.05) is 48.5 Å². The monoisotopic (exact) mass is 481 g/mol. The Balaban J connectivity index is 1.32. The zero-order chi connectivity index (χ0) is 25.1. The minimum Gasteiger partial charge on any atom is -0.349 e. The van der Waals surface area contributed by atoms with E-state index in [9.17, 15) is 9.59 Å². The summed E-state index contributed by atoms with van der Waals surface area (Å²) in [4.78, 5) is 28.6. The molecule has 1 atom stereocenters. The van der Waals surface area contributed by atoms with Crippen molar-refractivity contribution < 1.29 is 9.59 Å². The molecule has 0 aliphatic carbocycles. The van der Waals surface area contributed by atoms with E-state index in [0.29, 0.717) is 37.2 Å². The van der Waals surface area contributed by atoms with Crippen LogP contribution in [0.4, 0.5) is 0 Å². The predicted molar refractivity (Wildman–Crippen MR) is 139 cm³/mol. The second kappa shape index (κ2) is 10.2. The van der Waals surface area contributed by atoms with Crippen molar-refractivity contribution in [2.75, 3.05) is 13.1 Å². The number of carbonyl (C=O) groups excluding carboxylic acids is 2. The number of nitrogens with zero attached hydrogens (tertiary/aromatic N) is 4. The lowest BCUT2D eigenvalue weighted by Crippen LogP contribution is -2.43. The van der Waals surface area contributed by atoms with E-state index in [4.69, 9.17) is 5.10 Å². The first-order valence-electron chi connectivity index (χ1n) is 12.5. The molecule has 1 N–H and O–H groups in total. The van der Waals surface area contributed by atoms with E-state index in [1.807, 2.05) is 113 Å². The van der Waals surface area contributed by atoms with Gasteiger partial charge in [0.2, 0.25) is 5.91 Å². The van der Waals surface area contributed by atoms with Crippen molar-refractivity contribution in [3.8, 4) is 11.5 Å². The summed E-state index contributed by atoms with van der Waals surface area (Å²) >= 11 is 0. The van der Waals surface area contributed by atoms with Gasteiger partial charge in [-0.25, -0.2) is 4.68 Å². The Bertz CT molecular complexity index is 1320. The first-order chi connectivity index (χ1) is 17.5. The Hall–Kier alpha value is -4.13. The van der Waals surface area contributed by atoms with Gasteiger partial charge in [0.05, 0.1) is 17.4 Å². The van der Waals surface area contributed by atoms with Crippen LogP contribution in [0.3, 0.4) is 0 Å². The van der Waals surface area contributed by atoms with Crippen molar-refractivity contribution >= 4 is 11.8 Å². The van der Waals surface area contributed by atoms with E-state index >= 15 is 0 Å². The molecule has 36 heavy (non-hydrogen) atoms. The fourth-order valence-corrected chi connectivity index (χ4v) is 4.89. The fraction of sp³-hybridized carbons (Fsp3) is 0.276. The molecule has 0 spiro atoms. The van der Waals surface area contributed by atoms with Crippen LogP contribution < -0.4 is 5.32 Å². The lowest BCUT2D eigenvalue weighted by atomic mass is 9.94. The lowest BCUT2D eigenvalue weighted by molar-refractivity contribution is -0.127. The summed E-state index contributed by atoms with van der Waals surface area (Å²) in [6.45, 7) is 4.96.